The summed E-state index contributed by atoms with van der Waals surface area (Å²) in [7, 11) is -3.20. The Balaban J connectivity index is 1.69. The van der Waals surface area contributed by atoms with Gasteiger partial charge in [0.1, 0.15) is 15.4 Å². The number of carbonyl (C=O) groups excluding carboxylic acids is 3. The summed E-state index contributed by atoms with van der Waals surface area (Å²) in [4.78, 5) is 40.3. The van der Waals surface area contributed by atoms with Crippen LogP contribution in [0, 0.1) is 0 Å². The van der Waals surface area contributed by atoms with Crippen LogP contribution in [-0.2, 0) is 26.0 Å². The van der Waals surface area contributed by atoms with Crippen LogP contribution in [0.3, 0.4) is 0 Å². The van der Waals surface area contributed by atoms with Gasteiger partial charge in [0.2, 0.25) is 5.91 Å². The average Bonchev–Trinajstić information content (AvgIpc) is 2.85. The molecule has 3 rings (SSSR count). The van der Waals surface area contributed by atoms with Crippen LogP contribution in [0.5, 0.6) is 0 Å². The molecule has 1 N–H and O–H groups in total. The zero-order valence-electron chi connectivity index (χ0n) is 15.2. The number of piperidine rings is 1. The van der Waals surface area contributed by atoms with Gasteiger partial charge in [-0.1, -0.05) is 30.3 Å². The van der Waals surface area contributed by atoms with Crippen LogP contribution >= 0.6 is 0 Å². The van der Waals surface area contributed by atoms with Crippen molar-refractivity contribution in [3.63, 3.8) is 0 Å². The molecule has 8 nitrogen and oxygen atoms in total. The lowest BCUT2D eigenvalue weighted by atomic mass is 9.85. The molecule has 2 heterocycles. The lowest BCUT2D eigenvalue weighted by Gasteiger charge is -2.42. The largest absolute Gasteiger partial charge is 0.342 e. The van der Waals surface area contributed by atoms with Crippen molar-refractivity contribution in [2.75, 3.05) is 25.1 Å². The summed E-state index contributed by atoms with van der Waals surface area (Å²) in [5.74, 6) is -0.756. The van der Waals surface area contributed by atoms with Crippen LogP contribution in [0.2, 0.25) is 0 Å². The number of sulfone groups is 1. The van der Waals surface area contributed by atoms with Crippen molar-refractivity contribution >= 4 is 27.7 Å². The molecule has 2 saturated heterocycles. The SMILES string of the molecule is CS(=O)(=O)CCC(=O)N1CCC2(CC1)C(=O)NC(=O)N2Cc1ccccc1. The summed E-state index contributed by atoms with van der Waals surface area (Å²) < 4.78 is 22.5. The Morgan fingerprint density at radius 3 is 2.37 bits per heavy atom. The standard InChI is InChI=1S/C18H23N3O5S/c1-27(25,26)12-7-15(22)20-10-8-18(9-11-20)16(23)19-17(24)21(18)13-14-5-3-2-4-6-14/h2-6H,7-13H2,1H3,(H,19,23,24). The van der Waals surface area contributed by atoms with Gasteiger partial charge < -0.3 is 9.80 Å². The molecule has 0 atom stereocenters. The van der Waals surface area contributed by atoms with E-state index in [2.05, 4.69) is 5.32 Å². The van der Waals surface area contributed by atoms with E-state index < -0.39 is 21.4 Å². The molecular weight excluding hydrogens is 370 g/mol. The van der Waals surface area contributed by atoms with Crippen molar-refractivity contribution in [3.05, 3.63) is 35.9 Å². The van der Waals surface area contributed by atoms with Gasteiger partial charge in [0.05, 0.1) is 5.75 Å². The number of likely N-dealkylation sites (tertiary alicyclic amines) is 1. The molecule has 4 amide bonds. The average molecular weight is 393 g/mol. The highest BCUT2D eigenvalue weighted by molar-refractivity contribution is 7.90. The first kappa shape index (κ1) is 19.3. The second-order valence-electron chi connectivity index (χ2n) is 7.12. The van der Waals surface area contributed by atoms with Gasteiger partial charge in [0.15, 0.2) is 0 Å². The third-order valence-corrected chi connectivity index (χ3v) is 6.16. The molecule has 2 aliphatic rings. The molecule has 1 spiro atoms. The number of carbonyl (C=O) groups is 3. The van der Waals surface area contributed by atoms with Crippen molar-refractivity contribution in [2.45, 2.75) is 31.3 Å². The van der Waals surface area contributed by atoms with E-state index >= 15 is 0 Å². The fraction of sp³-hybridized carbons (Fsp3) is 0.500. The molecule has 0 aliphatic carbocycles. The molecule has 0 unspecified atom stereocenters. The van der Waals surface area contributed by atoms with E-state index in [-0.39, 0.29) is 24.0 Å². The smallest absolute Gasteiger partial charge is 0.325 e. The highest BCUT2D eigenvalue weighted by atomic mass is 32.2. The summed E-state index contributed by atoms with van der Waals surface area (Å²) in [5.41, 5.74) is -0.0334. The van der Waals surface area contributed by atoms with E-state index in [1.54, 1.807) is 9.80 Å². The normalized spacial score (nSPS) is 19.4. The Bertz CT molecular complexity index is 845. The maximum Gasteiger partial charge on any atom is 0.325 e. The van der Waals surface area contributed by atoms with Gasteiger partial charge in [-0.25, -0.2) is 13.2 Å². The van der Waals surface area contributed by atoms with Crippen molar-refractivity contribution in [1.29, 1.82) is 0 Å². The van der Waals surface area contributed by atoms with Crippen LogP contribution in [0.15, 0.2) is 30.3 Å². The van der Waals surface area contributed by atoms with Crippen LogP contribution in [0.1, 0.15) is 24.8 Å². The van der Waals surface area contributed by atoms with Crippen LogP contribution in [0.25, 0.3) is 0 Å². The molecule has 9 heteroatoms. The number of hydrogen-bond donors (Lipinski definition) is 1. The van der Waals surface area contributed by atoms with Gasteiger partial charge in [-0.3, -0.25) is 14.9 Å². The topological polar surface area (TPSA) is 104 Å². The molecule has 2 aliphatic heterocycles. The van der Waals surface area contributed by atoms with Crippen LogP contribution < -0.4 is 5.32 Å². The predicted molar refractivity (Wildman–Crippen MR) is 98.4 cm³/mol. The van der Waals surface area contributed by atoms with Gasteiger partial charge in [-0.05, 0) is 18.4 Å². The van der Waals surface area contributed by atoms with E-state index in [0.29, 0.717) is 32.5 Å². The summed E-state index contributed by atoms with van der Waals surface area (Å²) in [5, 5.41) is 2.40. The molecule has 1 aromatic rings. The fourth-order valence-corrected chi connectivity index (χ4v) is 4.19. The summed E-state index contributed by atoms with van der Waals surface area (Å²) in [6.07, 6.45) is 1.70. The molecule has 146 valence electrons. The third kappa shape index (κ3) is 4.13. The number of rotatable bonds is 5. The Kier molecular flexibility index (Phi) is 5.23. The summed E-state index contributed by atoms with van der Waals surface area (Å²) in [6, 6.07) is 9.01. The Hall–Kier alpha value is -2.42. The quantitative estimate of drug-likeness (QED) is 0.735. The van der Waals surface area contributed by atoms with Gasteiger partial charge in [0, 0.05) is 32.3 Å². The maximum atomic E-state index is 12.5. The lowest BCUT2D eigenvalue weighted by molar-refractivity contribution is -0.137. The van der Waals surface area contributed by atoms with E-state index in [0.717, 1.165) is 11.8 Å². The summed E-state index contributed by atoms with van der Waals surface area (Å²) in [6.45, 7) is 0.948. The highest BCUT2D eigenvalue weighted by Crippen LogP contribution is 2.34. The van der Waals surface area contributed by atoms with Crippen molar-refractivity contribution in [1.82, 2.24) is 15.1 Å². The monoisotopic (exact) mass is 393 g/mol. The number of hydrogen-bond acceptors (Lipinski definition) is 5. The molecule has 2 fully saturated rings. The van der Waals surface area contributed by atoms with Crippen LogP contribution in [0.4, 0.5) is 4.79 Å². The molecule has 0 radical (unpaired) electrons. The first-order valence-corrected chi connectivity index (χ1v) is 10.9. The number of benzene rings is 1. The van der Waals surface area contributed by atoms with E-state index in [1.807, 2.05) is 30.3 Å². The van der Waals surface area contributed by atoms with E-state index in [1.165, 1.54) is 0 Å². The third-order valence-electron chi connectivity index (χ3n) is 5.22. The van der Waals surface area contributed by atoms with Gasteiger partial charge >= 0.3 is 6.03 Å². The van der Waals surface area contributed by atoms with Crippen molar-refractivity contribution in [2.24, 2.45) is 0 Å². The number of nitrogens with one attached hydrogen (secondary N) is 1. The number of imide groups is 1. The molecule has 1 aromatic carbocycles. The van der Waals surface area contributed by atoms with Crippen molar-refractivity contribution in [3.8, 4) is 0 Å². The Morgan fingerprint density at radius 1 is 1.15 bits per heavy atom. The summed E-state index contributed by atoms with van der Waals surface area (Å²) >= 11 is 0. The van der Waals surface area contributed by atoms with Gasteiger partial charge in [0.25, 0.3) is 5.91 Å². The van der Waals surface area contributed by atoms with Gasteiger partial charge in [-0.2, -0.15) is 0 Å². The lowest BCUT2D eigenvalue weighted by Crippen LogP contribution is -2.57. The molecule has 0 aromatic heterocycles. The molecule has 0 bridgehead atoms. The molecule has 0 saturated carbocycles. The minimum Gasteiger partial charge on any atom is -0.342 e. The number of amides is 4. The predicted octanol–water partition coefficient (Wildman–Crippen LogP) is 0.534. The van der Waals surface area contributed by atoms with Crippen molar-refractivity contribution < 1.29 is 22.8 Å². The maximum absolute atomic E-state index is 12.5. The number of urea groups is 1. The zero-order chi connectivity index (χ0) is 19.7. The second-order valence-corrected chi connectivity index (χ2v) is 9.38. The van der Waals surface area contributed by atoms with Crippen LogP contribution in [-0.4, -0.2) is 66.7 Å². The minimum absolute atomic E-state index is 0.0648. The Morgan fingerprint density at radius 2 is 1.78 bits per heavy atom. The zero-order valence-corrected chi connectivity index (χ0v) is 16.0. The first-order chi connectivity index (χ1) is 12.7. The molecule has 27 heavy (non-hydrogen) atoms. The first-order valence-electron chi connectivity index (χ1n) is 8.84. The highest BCUT2D eigenvalue weighted by Gasteiger charge is 2.54. The minimum atomic E-state index is -3.20. The number of nitrogens with zero attached hydrogens (tertiary/aromatic N) is 2. The second kappa shape index (κ2) is 7.30. The molecular formula is C18H23N3O5S. The van der Waals surface area contributed by atoms with Gasteiger partial charge in [-0.15, -0.1) is 0 Å². The van der Waals surface area contributed by atoms with E-state index in [9.17, 15) is 22.8 Å². The van der Waals surface area contributed by atoms with E-state index in [4.69, 9.17) is 0 Å². The Labute approximate surface area is 158 Å². The fourth-order valence-electron chi connectivity index (χ4n) is 3.64.